The summed E-state index contributed by atoms with van der Waals surface area (Å²) in [6.07, 6.45) is -0.0806. The molecule has 5 nitrogen and oxygen atoms in total. The lowest BCUT2D eigenvalue weighted by Gasteiger charge is -2.09. The molecular formula is C16H16ClFN2O3S. The first-order valence-electron chi connectivity index (χ1n) is 7.09. The summed E-state index contributed by atoms with van der Waals surface area (Å²) >= 11 is 5.71. The third-order valence-electron chi connectivity index (χ3n) is 3.24. The third-order valence-corrected chi connectivity index (χ3v) is 4.97. The monoisotopic (exact) mass is 370 g/mol. The first-order chi connectivity index (χ1) is 11.3. The molecule has 2 N–H and O–H groups in total. The van der Waals surface area contributed by atoms with Crippen molar-refractivity contribution in [3.8, 4) is 0 Å². The van der Waals surface area contributed by atoms with Gasteiger partial charge in [0.05, 0.1) is 4.90 Å². The Hall–Kier alpha value is -1.96. The van der Waals surface area contributed by atoms with Gasteiger partial charge in [-0.05, 0) is 48.9 Å². The smallest absolute Gasteiger partial charge is 0.240 e. The van der Waals surface area contributed by atoms with E-state index in [1.54, 1.807) is 13.0 Å². The summed E-state index contributed by atoms with van der Waals surface area (Å²) in [7, 11) is -3.71. The van der Waals surface area contributed by atoms with Gasteiger partial charge in [0.25, 0.3) is 0 Å². The number of aryl methyl sites for hydroxylation is 1. The van der Waals surface area contributed by atoms with Crippen molar-refractivity contribution in [2.24, 2.45) is 0 Å². The van der Waals surface area contributed by atoms with Gasteiger partial charge in [-0.25, -0.2) is 17.5 Å². The van der Waals surface area contributed by atoms with Crippen molar-refractivity contribution in [2.75, 3.05) is 11.9 Å². The molecule has 128 valence electrons. The maximum Gasteiger partial charge on any atom is 0.240 e. The predicted octanol–water partition coefficient (Wildman–Crippen LogP) is 3.09. The number of anilines is 1. The van der Waals surface area contributed by atoms with Gasteiger partial charge in [-0.15, -0.1) is 0 Å². The average molecular weight is 371 g/mol. The quantitative estimate of drug-likeness (QED) is 0.820. The largest absolute Gasteiger partial charge is 0.326 e. The van der Waals surface area contributed by atoms with E-state index in [-0.39, 0.29) is 17.9 Å². The zero-order valence-corrected chi connectivity index (χ0v) is 14.4. The number of hydrogen-bond donors (Lipinski definition) is 2. The molecular weight excluding hydrogens is 355 g/mol. The minimum absolute atomic E-state index is 0.0632. The molecule has 0 aromatic heterocycles. The number of nitrogens with one attached hydrogen (secondary N) is 2. The third kappa shape index (κ3) is 5.02. The second kappa shape index (κ2) is 7.74. The lowest BCUT2D eigenvalue weighted by atomic mass is 10.2. The normalized spacial score (nSPS) is 11.3. The van der Waals surface area contributed by atoms with Crippen LogP contribution in [-0.4, -0.2) is 20.9 Å². The van der Waals surface area contributed by atoms with Crippen LogP contribution in [0.5, 0.6) is 0 Å². The van der Waals surface area contributed by atoms with Crippen molar-refractivity contribution >= 4 is 33.2 Å². The number of sulfonamides is 1. The molecule has 0 unspecified atom stereocenters. The van der Waals surface area contributed by atoms with Crippen molar-refractivity contribution < 1.29 is 17.6 Å². The Morgan fingerprint density at radius 3 is 2.50 bits per heavy atom. The molecule has 0 atom stereocenters. The lowest BCUT2D eigenvalue weighted by molar-refractivity contribution is -0.116. The van der Waals surface area contributed by atoms with Crippen LogP contribution in [0.15, 0.2) is 47.4 Å². The number of rotatable bonds is 6. The van der Waals surface area contributed by atoms with Gasteiger partial charge in [0.15, 0.2) is 0 Å². The Morgan fingerprint density at radius 2 is 1.83 bits per heavy atom. The molecule has 0 aliphatic carbocycles. The van der Waals surface area contributed by atoms with E-state index in [1.165, 1.54) is 36.4 Å². The van der Waals surface area contributed by atoms with E-state index in [2.05, 4.69) is 10.0 Å². The minimum atomic E-state index is -3.71. The van der Waals surface area contributed by atoms with Crippen LogP contribution in [-0.2, 0) is 14.8 Å². The SMILES string of the molecule is Cc1ccc(F)cc1NC(=O)CCNS(=O)(=O)c1ccc(Cl)cc1. The molecule has 0 saturated carbocycles. The van der Waals surface area contributed by atoms with Gasteiger partial charge < -0.3 is 5.32 Å². The van der Waals surface area contributed by atoms with Crippen LogP contribution in [0.25, 0.3) is 0 Å². The predicted molar refractivity (Wildman–Crippen MR) is 91.0 cm³/mol. The van der Waals surface area contributed by atoms with Crippen LogP contribution in [0.3, 0.4) is 0 Å². The van der Waals surface area contributed by atoms with Gasteiger partial charge in [0, 0.05) is 23.7 Å². The van der Waals surface area contributed by atoms with Crippen LogP contribution < -0.4 is 10.0 Å². The number of halogens is 2. The van der Waals surface area contributed by atoms with E-state index in [0.717, 1.165) is 0 Å². The topological polar surface area (TPSA) is 75.3 Å². The maximum absolute atomic E-state index is 13.2. The summed E-state index contributed by atoms with van der Waals surface area (Å²) in [5, 5.41) is 2.98. The maximum atomic E-state index is 13.2. The highest BCUT2D eigenvalue weighted by molar-refractivity contribution is 7.89. The molecule has 0 radical (unpaired) electrons. The number of amides is 1. The van der Waals surface area contributed by atoms with E-state index in [9.17, 15) is 17.6 Å². The molecule has 0 aliphatic heterocycles. The van der Waals surface area contributed by atoms with E-state index in [0.29, 0.717) is 16.3 Å². The number of hydrogen-bond acceptors (Lipinski definition) is 3. The molecule has 0 saturated heterocycles. The number of carbonyl (C=O) groups is 1. The summed E-state index contributed by atoms with van der Waals surface area (Å²) in [5.41, 5.74) is 1.08. The molecule has 0 spiro atoms. The van der Waals surface area contributed by atoms with Gasteiger partial charge in [-0.3, -0.25) is 4.79 Å². The Labute approximate surface area is 144 Å². The Bertz CT molecular complexity index is 839. The van der Waals surface area contributed by atoms with Gasteiger partial charge in [0.2, 0.25) is 15.9 Å². The molecule has 0 fully saturated rings. The Morgan fingerprint density at radius 1 is 1.17 bits per heavy atom. The molecule has 0 aliphatic rings. The highest BCUT2D eigenvalue weighted by atomic mass is 35.5. The van der Waals surface area contributed by atoms with Gasteiger partial charge in [-0.2, -0.15) is 0 Å². The second-order valence-corrected chi connectivity index (χ2v) is 7.31. The lowest BCUT2D eigenvalue weighted by Crippen LogP contribution is -2.28. The highest BCUT2D eigenvalue weighted by Gasteiger charge is 2.14. The molecule has 24 heavy (non-hydrogen) atoms. The van der Waals surface area contributed by atoms with Crippen LogP contribution in [0.2, 0.25) is 5.02 Å². The fourth-order valence-corrected chi connectivity index (χ4v) is 3.10. The molecule has 0 heterocycles. The molecule has 1 amide bonds. The van der Waals surface area contributed by atoms with Gasteiger partial charge in [0.1, 0.15) is 5.82 Å². The Kier molecular flexibility index (Phi) is 5.93. The molecule has 8 heteroatoms. The van der Waals surface area contributed by atoms with Crippen LogP contribution in [0.4, 0.5) is 10.1 Å². The molecule has 2 rings (SSSR count). The van der Waals surface area contributed by atoms with Crippen molar-refractivity contribution in [1.82, 2.24) is 4.72 Å². The summed E-state index contributed by atoms with van der Waals surface area (Å²) < 4.78 is 39.6. The number of carbonyl (C=O) groups excluding carboxylic acids is 1. The fraction of sp³-hybridized carbons (Fsp3) is 0.188. The summed E-state index contributed by atoms with van der Waals surface area (Å²) in [6, 6.07) is 9.75. The summed E-state index contributed by atoms with van der Waals surface area (Å²) in [6.45, 7) is 1.66. The van der Waals surface area contributed by atoms with Crippen LogP contribution >= 0.6 is 11.6 Å². The first kappa shape index (κ1) is 18.4. The van der Waals surface area contributed by atoms with E-state index < -0.39 is 21.7 Å². The summed E-state index contributed by atoms with van der Waals surface area (Å²) in [5.74, 6) is -0.873. The zero-order chi connectivity index (χ0) is 17.7. The van der Waals surface area contributed by atoms with Gasteiger partial charge >= 0.3 is 0 Å². The molecule has 2 aromatic rings. The number of benzene rings is 2. The zero-order valence-electron chi connectivity index (χ0n) is 12.8. The van der Waals surface area contributed by atoms with E-state index in [1.807, 2.05) is 0 Å². The van der Waals surface area contributed by atoms with Crippen LogP contribution in [0, 0.1) is 12.7 Å². The fourth-order valence-electron chi connectivity index (χ4n) is 1.94. The van der Waals surface area contributed by atoms with Crippen molar-refractivity contribution in [3.05, 3.63) is 58.9 Å². The van der Waals surface area contributed by atoms with Gasteiger partial charge in [-0.1, -0.05) is 17.7 Å². The Balaban J connectivity index is 1.90. The summed E-state index contributed by atoms with van der Waals surface area (Å²) in [4.78, 5) is 11.9. The second-order valence-electron chi connectivity index (χ2n) is 5.11. The first-order valence-corrected chi connectivity index (χ1v) is 8.95. The van der Waals surface area contributed by atoms with E-state index >= 15 is 0 Å². The van der Waals surface area contributed by atoms with Crippen molar-refractivity contribution in [3.63, 3.8) is 0 Å². The average Bonchev–Trinajstić information content (AvgIpc) is 2.51. The van der Waals surface area contributed by atoms with E-state index in [4.69, 9.17) is 11.6 Å². The molecule has 0 bridgehead atoms. The highest BCUT2D eigenvalue weighted by Crippen LogP contribution is 2.16. The van der Waals surface area contributed by atoms with Crippen molar-refractivity contribution in [2.45, 2.75) is 18.2 Å². The standard InChI is InChI=1S/C16H16ClFN2O3S/c1-11-2-5-13(18)10-15(11)20-16(21)8-9-19-24(22,23)14-6-3-12(17)4-7-14/h2-7,10,19H,8-9H2,1H3,(H,20,21). The van der Waals surface area contributed by atoms with Crippen molar-refractivity contribution in [1.29, 1.82) is 0 Å². The van der Waals surface area contributed by atoms with Crippen LogP contribution in [0.1, 0.15) is 12.0 Å². The molecule has 2 aromatic carbocycles. The minimum Gasteiger partial charge on any atom is -0.326 e.